The van der Waals surface area contributed by atoms with Gasteiger partial charge in [0.25, 0.3) is 0 Å². The molecular weight excluding hydrogens is 381 g/mol. The first-order valence-corrected chi connectivity index (χ1v) is 9.29. The molecule has 0 aromatic heterocycles. The Kier molecular flexibility index (Phi) is 4.73. The first kappa shape index (κ1) is 17.8. The minimum absolute atomic E-state index is 0.00539. The molecular formula is C22H15Cl2NO2. The number of hydrogen-bond donors (Lipinski definition) is 0. The van der Waals surface area contributed by atoms with Gasteiger partial charge in [-0.05, 0) is 24.3 Å². The number of rotatable bonds is 3. The normalized spacial score (nSPS) is 16.3. The van der Waals surface area contributed by atoms with Crippen molar-refractivity contribution in [3.63, 3.8) is 0 Å². The van der Waals surface area contributed by atoms with E-state index in [1.807, 2.05) is 36.4 Å². The van der Waals surface area contributed by atoms with Gasteiger partial charge < -0.3 is 4.90 Å². The van der Waals surface area contributed by atoms with Crippen molar-refractivity contribution in [2.24, 2.45) is 0 Å². The predicted molar refractivity (Wildman–Crippen MR) is 109 cm³/mol. The monoisotopic (exact) mass is 395 g/mol. The summed E-state index contributed by atoms with van der Waals surface area (Å²) < 4.78 is 0. The molecule has 0 saturated carbocycles. The molecule has 2 heterocycles. The summed E-state index contributed by atoms with van der Waals surface area (Å²) in [6.45, 7) is 0.531. The fourth-order valence-corrected chi connectivity index (χ4v) is 4.14. The smallest absolute Gasteiger partial charge is 0.167 e. The number of fused-ring (bicyclic) bond motifs is 1. The van der Waals surface area contributed by atoms with Gasteiger partial charge in [0.15, 0.2) is 12.1 Å². The zero-order chi connectivity index (χ0) is 19.0. The van der Waals surface area contributed by atoms with Gasteiger partial charge >= 0.3 is 0 Å². The van der Waals surface area contributed by atoms with Crippen molar-refractivity contribution in [2.45, 2.75) is 6.42 Å². The van der Waals surface area contributed by atoms with Gasteiger partial charge in [-0.1, -0.05) is 59.6 Å². The van der Waals surface area contributed by atoms with Crippen LogP contribution < -0.4 is 0 Å². The topological polar surface area (TPSA) is 37.4 Å². The number of allylic oxidation sites excluding steroid dienone is 4. The van der Waals surface area contributed by atoms with Crippen LogP contribution in [0.15, 0.2) is 66.4 Å². The van der Waals surface area contributed by atoms with E-state index in [1.54, 1.807) is 24.3 Å². The van der Waals surface area contributed by atoms with Gasteiger partial charge in [-0.15, -0.1) is 0 Å². The van der Waals surface area contributed by atoms with E-state index in [0.717, 1.165) is 23.2 Å². The van der Waals surface area contributed by atoms with E-state index in [2.05, 4.69) is 4.90 Å². The lowest BCUT2D eigenvalue weighted by Gasteiger charge is -2.36. The molecule has 0 spiro atoms. The minimum Gasteiger partial charge on any atom is -0.340 e. The van der Waals surface area contributed by atoms with Crippen LogP contribution in [0, 0.1) is 0 Å². The summed E-state index contributed by atoms with van der Waals surface area (Å²) in [5, 5.41) is 0.885. The molecule has 2 aliphatic rings. The molecule has 4 rings (SSSR count). The average molecular weight is 396 g/mol. The molecule has 2 aliphatic heterocycles. The van der Waals surface area contributed by atoms with Crippen molar-refractivity contribution in [1.82, 2.24) is 4.90 Å². The second-order valence-corrected chi connectivity index (χ2v) is 7.11. The third-order valence-corrected chi connectivity index (χ3v) is 5.39. The molecule has 0 amide bonds. The quantitative estimate of drug-likeness (QED) is 0.652. The van der Waals surface area contributed by atoms with Crippen LogP contribution in [0.4, 0.5) is 0 Å². The van der Waals surface area contributed by atoms with E-state index in [-0.39, 0.29) is 5.78 Å². The van der Waals surface area contributed by atoms with Crippen molar-refractivity contribution in [1.29, 1.82) is 0 Å². The Morgan fingerprint density at radius 2 is 1.74 bits per heavy atom. The fraction of sp³-hybridized carbons (Fsp3) is 0.0909. The summed E-state index contributed by atoms with van der Waals surface area (Å²) in [6.07, 6.45) is 6.91. The lowest BCUT2D eigenvalue weighted by Crippen LogP contribution is -2.32. The highest BCUT2D eigenvalue weighted by Gasteiger charge is 2.32. The van der Waals surface area contributed by atoms with Gasteiger partial charge in [0.1, 0.15) is 0 Å². The summed E-state index contributed by atoms with van der Waals surface area (Å²) >= 11 is 12.8. The molecule has 0 fully saturated rings. The summed E-state index contributed by atoms with van der Waals surface area (Å²) in [5.74, 6) is 0.00539. The maximum Gasteiger partial charge on any atom is 0.167 e. The standard InChI is InChI=1S/C22H15Cl2NO2/c23-16-7-3-8-17(24)21(16)22-19-10-4-9-18(25(19)12-11-20(22)27)15-6-2-1-5-14(15)13-26/h1-10,13H,11-12H2. The SMILES string of the molecule is O=Cc1ccccc1C1=CC=CC2=C(c3c(Cl)cccc3Cl)C(=O)CCN12. The molecule has 0 atom stereocenters. The molecule has 2 aromatic carbocycles. The van der Waals surface area contributed by atoms with Crippen LogP contribution in [0.2, 0.25) is 10.0 Å². The lowest BCUT2D eigenvalue weighted by atomic mass is 9.90. The number of halogens is 2. The van der Waals surface area contributed by atoms with Gasteiger partial charge in [0.2, 0.25) is 0 Å². The molecule has 0 unspecified atom stereocenters. The summed E-state index contributed by atoms with van der Waals surface area (Å²) in [7, 11) is 0. The van der Waals surface area contributed by atoms with Crippen molar-refractivity contribution in [3.05, 3.63) is 93.1 Å². The van der Waals surface area contributed by atoms with Crippen molar-refractivity contribution >= 4 is 46.5 Å². The highest BCUT2D eigenvalue weighted by atomic mass is 35.5. The van der Waals surface area contributed by atoms with E-state index in [0.29, 0.717) is 39.7 Å². The zero-order valence-corrected chi connectivity index (χ0v) is 15.8. The fourth-order valence-electron chi connectivity index (χ4n) is 3.55. The van der Waals surface area contributed by atoms with E-state index in [9.17, 15) is 9.59 Å². The number of carbonyl (C=O) groups excluding carboxylic acids is 2. The van der Waals surface area contributed by atoms with E-state index in [1.165, 1.54) is 0 Å². The highest BCUT2D eigenvalue weighted by molar-refractivity contribution is 6.41. The third-order valence-electron chi connectivity index (χ3n) is 4.76. The number of ketones is 1. The van der Waals surface area contributed by atoms with Crippen molar-refractivity contribution in [2.75, 3.05) is 6.54 Å². The summed E-state index contributed by atoms with van der Waals surface area (Å²) in [5.41, 5.74) is 4.13. The van der Waals surface area contributed by atoms with Crippen LogP contribution in [-0.4, -0.2) is 23.5 Å². The number of aldehydes is 1. The number of benzene rings is 2. The first-order valence-electron chi connectivity index (χ1n) is 8.54. The van der Waals surface area contributed by atoms with E-state index in [4.69, 9.17) is 23.2 Å². The Morgan fingerprint density at radius 3 is 2.48 bits per heavy atom. The molecule has 0 radical (unpaired) electrons. The lowest BCUT2D eigenvalue weighted by molar-refractivity contribution is -0.114. The Morgan fingerprint density at radius 1 is 1.00 bits per heavy atom. The van der Waals surface area contributed by atoms with Crippen molar-refractivity contribution in [3.8, 4) is 0 Å². The molecule has 3 nitrogen and oxygen atoms in total. The maximum absolute atomic E-state index is 12.8. The highest BCUT2D eigenvalue weighted by Crippen LogP contribution is 2.41. The van der Waals surface area contributed by atoms with Gasteiger partial charge in [-0.3, -0.25) is 9.59 Å². The minimum atomic E-state index is 0.00539. The maximum atomic E-state index is 12.8. The average Bonchev–Trinajstić information content (AvgIpc) is 2.68. The number of nitrogens with zero attached hydrogens (tertiary/aromatic N) is 1. The van der Waals surface area contributed by atoms with Crippen molar-refractivity contribution < 1.29 is 9.59 Å². The molecule has 0 saturated heterocycles. The molecule has 2 aromatic rings. The molecule has 0 aliphatic carbocycles. The summed E-state index contributed by atoms with van der Waals surface area (Å²) in [6, 6.07) is 12.6. The molecule has 0 bridgehead atoms. The number of Topliss-reactive ketones (excluding diaryl/α,β-unsaturated/α-hetero) is 1. The molecule has 0 N–H and O–H groups in total. The number of carbonyl (C=O) groups is 2. The second kappa shape index (κ2) is 7.18. The van der Waals surface area contributed by atoms with Crippen LogP contribution in [0.1, 0.15) is 27.9 Å². The van der Waals surface area contributed by atoms with Gasteiger partial charge in [-0.25, -0.2) is 0 Å². The summed E-state index contributed by atoms with van der Waals surface area (Å²) in [4.78, 5) is 26.4. The van der Waals surface area contributed by atoms with Crippen LogP contribution >= 0.6 is 23.2 Å². The Labute approximate surface area is 167 Å². The van der Waals surface area contributed by atoms with E-state index < -0.39 is 0 Å². The second-order valence-electron chi connectivity index (χ2n) is 6.30. The molecule has 134 valence electrons. The van der Waals surface area contributed by atoms with Gasteiger partial charge in [-0.2, -0.15) is 0 Å². The first-order chi connectivity index (χ1) is 13.1. The van der Waals surface area contributed by atoms with Crippen LogP contribution in [0.25, 0.3) is 11.3 Å². The van der Waals surface area contributed by atoms with Crippen LogP contribution in [-0.2, 0) is 4.79 Å². The molecule has 5 heteroatoms. The largest absolute Gasteiger partial charge is 0.340 e. The van der Waals surface area contributed by atoms with E-state index >= 15 is 0 Å². The van der Waals surface area contributed by atoms with Gasteiger partial charge in [0.05, 0.1) is 21.3 Å². The Balaban J connectivity index is 1.92. The zero-order valence-electron chi connectivity index (χ0n) is 14.3. The molecule has 27 heavy (non-hydrogen) atoms. The van der Waals surface area contributed by atoms with Crippen LogP contribution in [0.3, 0.4) is 0 Å². The van der Waals surface area contributed by atoms with Gasteiger partial charge in [0, 0.05) is 35.4 Å². The predicted octanol–water partition coefficient (Wildman–Crippen LogP) is 5.40. The number of hydrogen-bond acceptors (Lipinski definition) is 3. The van der Waals surface area contributed by atoms with Crippen LogP contribution in [0.5, 0.6) is 0 Å². The Hall–Kier alpha value is -2.62. The third kappa shape index (κ3) is 3.03. The Bertz CT molecular complexity index is 1030.